The van der Waals surface area contributed by atoms with Crippen molar-refractivity contribution in [3.8, 4) is 0 Å². The summed E-state index contributed by atoms with van der Waals surface area (Å²) in [6.07, 6.45) is 6.11. The van der Waals surface area contributed by atoms with Crippen LogP contribution in [0.4, 0.5) is 0 Å². The Morgan fingerprint density at radius 1 is 1.47 bits per heavy atom. The summed E-state index contributed by atoms with van der Waals surface area (Å²) in [4.78, 5) is 23.1. The van der Waals surface area contributed by atoms with Crippen LogP contribution in [0.5, 0.6) is 0 Å². The third kappa shape index (κ3) is 3.33. The number of hydrogen-bond acceptors (Lipinski definition) is 3. The Kier molecular flexibility index (Phi) is 4.19. The smallest absolute Gasteiger partial charge is 0.306 e. The maximum atomic E-state index is 12.1. The highest BCUT2D eigenvalue weighted by atomic mass is 16.4. The fourth-order valence-corrected chi connectivity index (χ4v) is 2.56. The van der Waals surface area contributed by atoms with Crippen LogP contribution in [0.15, 0.2) is 12.4 Å². The van der Waals surface area contributed by atoms with Crippen LogP contribution in [-0.2, 0) is 9.59 Å². The SMILES string of the molecule is CC(NC(=O)C1CCCC(C(=O)O)C1)c1cn[nH]c1. The van der Waals surface area contributed by atoms with Gasteiger partial charge in [-0.3, -0.25) is 14.7 Å². The number of nitrogens with one attached hydrogen (secondary N) is 2. The number of H-pyrrole nitrogens is 1. The fraction of sp³-hybridized carbons (Fsp3) is 0.615. The van der Waals surface area contributed by atoms with Crippen LogP contribution in [0, 0.1) is 11.8 Å². The molecule has 1 fully saturated rings. The highest BCUT2D eigenvalue weighted by Gasteiger charge is 2.31. The number of carbonyl (C=O) groups excluding carboxylic acids is 1. The maximum absolute atomic E-state index is 12.1. The van der Waals surface area contributed by atoms with Gasteiger partial charge in [0.1, 0.15) is 0 Å². The zero-order chi connectivity index (χ0) is 13.8. The lowest BCUT2D eigenvalue weighted by molar-refractivity contribution is -0.144. The Balaban J connectivity index is 1.91. The van der Waals surface area contributed by atoms with Crippen molar-refractivity contribution in [2.24, 2.45) is 11.8 Å². The molecule has 1 aliphatic rings. The lowest BCUT2D eigenvalue weighted by atomic mass is 9.81. The molecule has 1 heterocycles. The quantitative estimate of drug-likeness (QED) is 0.768. The number of aromatic nitrogens is 2. The zero-order valence-corrected chi connectivity index (χ0v) is 10.9. The first-order valence-corrected chi connectivity index (χ1v) is 6.59. The zero-order valence-electron chi connectivity index (χ0n) is 10.9. The predicted octanol–water partition coefficient (Wildman–Crippen LogP) is 1.48. The number of aliphatic carboxylic acids is 1. The van der Waals surface area contributed by atoms with Gasteiger partial charge in [-0.2, -0.15) is 5.10 Å². The van der Waals surface area contributed by atoms with Crippen LogP contribution >= 0.6 is 0 Å². The lowest BCUT2D eigenvalue weighted by Gasteiger charge is -2.26. The molecule has 19 heavy (non-hydrogen) atoms. The minimum Gasteiger partial charge on any atom is -0.481 e. The number of rotatable bonds is 4. The van der Waals surface area contributed by atoms with Crippen LogP contribution in [-0.4, -0.2) is 27.2 Å². The maximum Gasteiger partial charge on any atom is 0.306 e. The van der Waals surface area contributed by atoms with Crippen molar-refractivity contribution >= 4 is 11.9 Å². The average Bonchev–Trinajstić information content (AvgIpc) is 2.92. The van der Waals surface area contributed by atoms with E-state index < -0.39 is 5.97 Å². The minimum absolute atomic E-state index is 0.0559. The van der Waals surface area contributed by atoms with Crippen molar-refractivity contribution in [3.05, 3.63) is 18.0 Å². The molecule has 1 aromatic heterocycles. The van der Waals surface area contributed by atoms with Crippen molar-refractivity contribution in [3.63, 3.8) is 0 Å². The largest absolute Gasteiger partial charge is 0.481 e. The van der Waals surface area contributed by atoms with E-state index in [4.69, 9.17) is 5.11 Å². The molecule has 104 valence electrons. The van der Waals surface area contributed by atoms with Crippen molar-refractivity contribution in [2.45, 2.75) is 38.6 Å². The molecule has 6 heteroatoms. The van der Waals surface area contributed by atoms with E-state index in [0.29, 0.717) is 12.8 Å². The van der Waals surface area contributed by atoms with Crippen molar-refractivity contribution < 1.29 is 14.7 Å². The summed E-state index contributed by atoms with van der Waals surface area (Å²) >= 11 is 0. The molecule has 0 bridgehead atoms. The molecule has 2 rings (SSSR count). The molecule has 3 atom stereocenters. The second-order valence-electron chi connectivity index (χ2n) is 5.16. The van der Waals surface area contributed by atoms with E-state index in [2.05, 4.69) is 15.5 Å². The Hall–Kier alpha value is -1.85. The first-order valence-electron chi connectivity index (χ1n) is 6.59. The number of carboxylic acids is 1. The van der Waals surface area contributed by atoms with Gasteiger partial charge in [-0.05, 0) is 26.2 Å². The molecule has 6 nitrogen and oxygen atoms in total. The molecule has 1 aliphatic carbocycles. The van der Waals surface area contributed by atoms with Gasteiger partial charge in [-0.1, -0.05) is 6.42 Å². The normalized spacial score (nSPS) is 24.7. The third-order valence-corrected chi connectivity index (χ3v) is 3.77. The molecule has 1 aromatic rings. The summed E-state index contributed by atoms with van der Waals surface area (Å²) in [5.41, 5.74) is 0.916. The number of aromatic amines is 1. The van der Waals surface area contributed by atoms with Gasteiger partial charge in [0, 0.05) is 17.7 Å². The number of hydrogen-bond donors (Lipinski definition) is 3. The summed E-state index contributed by atoms with van der Waals surface area (Å²) in [7, 11) is 0. The van der Waals surface area contributed by atoms with E-state index in [9.17, 15) is 9.59 Å². The number of carbonyl (C=O) groups is 2. The van der Waals surface area contributed by atoms with Gasteiger partial charge >= 0.3 is 5.97 Å². The monoisotopic (exact) mass is 265 g/mol. The fourth-order valence-electron chi connectivity index (χ4n) is 2.56. The van der Waals surface area contributed by atoms with Crippen LogP contribution < -0.4 is 5.32 Å². The topological polar surface area (TPSA) is 95.1 Å². The number of nitrogens with zero attached hydrogens (tertiary/aromatic N) is 1. The van der Waals surface area contributed by atoms with Crippen LogP contribution in [0.1, 0.15) is 44.2 Å². The van der Waals surface area contributed by atoms with E-state index in [0.717, 1.165) is 18.4 Å². The minimum atomic E-state index is -0.791. The van der Waals surface area contributed by atoms with Crippen molar-refractivity contribution in [1.82, 2.24) is 15.5 Å². The van der Waals surface area contributed by atoms with Gasteiger partial charge in [-0.15, -0.1) is 0 Å². The molecule has 1 saturated carbocycles. The van der Waals surface area contributed by atoms with Gasteiger partial charge in [-0.25, -0.2) is 0 Å². The molecule has 3 N–H and O–H groups in total. The summed E-state index contributed by atoms with van der Waals surface area (Å²) in [6.45, 7) is 1.89. The highest BCUT2D eigenvalue weighted by molar-refractivity contribution is 5.80. The van der Waals surface area contributed by atoms with Crippen molar-refractivity contribution in [1.29, 1.82) is 0 Å². The third-order valence-electron chi connectivity index (χ3n) is 3.77. The van der Waals surface area contributed by atoms with Gasteiger partial charge in [0.05, 0.1) is 18.2 Å². The summed E-state index contributed by atoms with van der Waals surface area (Å²) in [6, 6.07) is -0.114. The molecule has 0 spiro atoms. The first-order chi connectivity index (χ1) is 9.08. The van der Waals surface area contributed by atoms with E-state index in [1.165, 1.54) is 0 Å². The predicted molar refractivity (Wildman–Crippen MR) is 68.2 cm³/mol. The van der Waals surface area contributed by atoms with Gasteiger partial charge < -0.3 is 10.4 Å². The molecular weight excluding hydrogens is 246 g/mol. The Morgan fingerprint density at radius 2 is 2.21 bits per heavy atom. The molecule has 0 aliphatic heterocycles. The van der Waals surface area contributed by atoms with Gasteiger partial charge in [0.25, 0.3) is 0 Å². The van der Waals surface area contributed by atoms with E-state index in [1.54, 1.807) is 12.4 Å². The standard InChI is InChI=1S/C13H19N3O3/c1-8(11-6-14-15-7-11)16-12(17)9-3-2-4-10(5-9)13(18)19/h6-10H,2-5H2,1H3,(H,14,15)(H,16,17)(H,18,19). The molecule has 0 radical (unpaired) electrons. The average molecular weight is 265 g/mol. The first kappa shape index (κ1) is 13.6. The Labute approximate surface area is 111 Å². The molecule has 3 unspecified atom stereocenters. The Bertz CT molecular complexity index is 444. The second-order valence-corrected chi connectivity index (χ2v) is 5.16. The molecule has 0 aromatic carbocycles. The van der Waals surface area contributed by atoms with Crippen molar-refractivity contribution in [2.75, 3.05) is 0 Å². The van der Waals surface area contributed by atoms with E-state index >= 15 is 0 Å². The number of amides is 1. The molecular formula is C13H19N3O3. The summed E-state index contributed by atoms with van der Waals surface area (Å²) in [5, 5.41) is 18.5. The van der Waals surface area contributed by atoms with Crippen LogP contribution in [0.3, 0.4) is 0 Å². The number of carboxylic acid groups (broad SMARTS) is 1. The Morgan fingerprint density at radius 3 is 2.84 bits per heavy atom. The van der Waals surface area contributed by atoms with Gasteiger partial charge in [0.2, 0.25) is 5.91 Å². The summed E-state index contributed by atoms with van der Waals surface area (Å²) < 4.78 is 0. The second kappa shape index (κ2) is 5.86. The summed E-state index contributed by atoms with van der Waals surface area (Å²) in [5.74, 6) is -1.42. The van der Waals surface area contributed by atoms with Gasteiger partial charge in [0.15, 0.2) is 0 Å². The van der Waals surface area contributed by atoms with Crippen LogP contribution in [0.2, 0.25) is 0 Å². The lowest BCUT2D eigenvalue weighted by Crippen LogP contribution is -2.36. The van der Waals surface area contributed by atoms with E-state index in [-0.39, 0.29) is 23.8 Å². The highest BCUT2D eigenvalue weighted by Crippen LogP contribution is 2.29. The van der Waals surface area contributed by atoms with E-state index in [1.807, 2.05) is 6.92 Å². The molecule has 1 amide bonds. The molecule has 0 saturated heterocycles. The van der Waals surface area contributed by atoms with Crippen LogP contribution in [0.25, 0.3) is 0 Å².